The maximum absolute atomic E-state index is 13.8. The van der Waals surface area contributed by atoms with E-state index in [1.54, 1.807) is 40.7 Å². The Hall–Kier alpha value is -3.34. The van der Waals surface area contributed by atoms with Crippen molar-refractivity contribution in [3.63, 3.8) is 0 Å². The second-order valence-electron chi connectivity index (χ2n) is 10.4. The highest BCUT2D eigenvalue weighted by Gasteiger charge is 2.36. The van der Waals surface area contributed by atoms with Gasteiger partial charge in [0.15, 0.2) is 0 Å². The molecule has 0 spiro atoms. The smallest absolute Gasteiger partial charge is 0.408 e. The van der Waals surface area contributed by atoms with Gasteiger partial charge in [0.1, 0.15) is 23.4 Å². The second kappa shape index (κ2) is 15.2. The summed E-state index contributed by atoms with van der Waals surface area (Å²) in [5, 5.41) is 25.1. The molecule has 0 aliphatic carbocycles. The monoisotopic (exact) mass is 537 g/mol. The highest BCUT2D eigenvalue weighted by molar-refractivity contribution is 5.92. The molecule has 0 fully saturated rings. The lowest BCUT2D eigenvalue weighted by molar-refractivity contribution is -0.144. The van der Waals surface area contributed by atoms with Crippen LogP contribution in [0.5, 0.6) is 5.75 Å². The number of alkyl carbamates (subject to hydrolysis) is 1. The molecule has 0 radical (unpaired) electrons. The van der Waals surface area contributed by atoms with Crippen molar-refractivity contribution in [2.45, 2.75) is 79.0 Å². The molecule has 0 saturated carbocycles. The van der Waals surface area contributed by atoms with Crippen LogP contribution in [0.1, 0.15) is 71.6 Å². The van der Waals surface area contributed by atoms with E-state index < -0.39 is 48.2 Å². The first kappa shape index (κ1) is 32.7. The van der Waals surface area contributed by atoms with Gasteiger partial charge in [0.05, 0.1) is 19.6 Å². The molecule has 1 aromatic rings. The average molecular weight is 538 g/mol. The van der Waals surface area contributed by atoms with E-state index in [-0.39, 0.29) is 44.2 Å². The number of carbonyl (C=O) groups is 4. The molecule has 11 nitrogen and oxygen atoms in total. The average Bonchev–Trinajstić information content (AvgIpc) is 2.78. The van der Waals surface area contributed by atoms with E-state index in [0.717, 1.165) is 0 Å². The first-order valence-corrected chi connectivity index (χ1v) is 12.8. The standard InChI is InChI=1S/C27H43N3O8/c1-8-37-22(33)11-12-28-24(34)23(19-9-10-21(32)18(4)16-19)30(13-14-31)25(35)20(15-17(2)3)29-26(36)38-27(5,6)7/h9-10,16-17,20,23,31-32H,8,11-15H2,1-7H3,(H,28,34)(H,29,36). The van der Waals surface area contributed by atoms with Gasteiger partial charge < -0.3 is 35.2 Å². The zero-order chi connectivity index (χ0) is 29.0. The summed E-state index contributed by atoms with van der Waals surface area (Å²) in [6, 6.07) is 2.24. The number of nitrogens with one attached hydrogen (secondary N) is 2. The van der Waals surface area contributed by atoms with Gasteiger partial charge in [0, 0.05) is 13.1 Å². The molecule has 0 saturated heterocycles. The third-order valence-electron chi connectivity index (χ3n) is 5.35. The summed E-state index contributed by atoms with van der Waals surface area (Å²) in [6.45, 7) is 11.7. The molecule has 0 aliphatic heterocycles. The van der Waals surface area contributed by atoms with Crippen LogP contribution >= 0.6 is 0 Å². The van der Waals surface area contributed by atoms with Crippen molar-refractivity contribution in [1.82, 2.24) is 15.5 Å². The van der Waals surface area contributed by atoms with Crippen molar-refractivity contribution in [3.8, 4) is 5.75 Å². The van der Waals surface area contributed by atoms with Crippen molar-refractivity contribution in [2.75, 3.05) is 26.3 Å². The molecule has 1 rings (SSSR count). The number of aliphatic hydroxyl groups is 1. The fourth-order valence-corrected chi connectivity index (χ4v) is 3.76. The van der Waals surface area contributed by atoms with Gasteiger partial charge in [0.2, 0.25) is 11.8 Å². The topological polar surface area (TPSA) is 154 Å². The Morgan fingerprint density at radius 2 is 1.79 bits per heavy atom. The van der Waals surface area contributed by atoms with Gasteiger partial charge in [-0.25, -0.2) is 4.79 Å². The van der Waals surface area contributed by atoms with Gasteiger partial charge in [0.25, 0.3) is 0 Å². The van der Waals surface area contributed by atoms with E-state index in [0.29, 0.717) is 11.1 Å². The number of phenolic OH excluding ortho intramolecular Hbond substituents is 1. The SMILES string of the molecule is CCOC(=O)CCNC(=O)C(c1ccc(O)c(C)c1)N(CCO)C(=O)C(CC(C)C)NC(=O)OC(C)(C)C. The Bertz CT molecular complexity index is 958. The summed E-state index contributed by atoms with van der Waals surface area (Å²) in [6.07, 6.45) is -0.590. The third kappa shape index (κ3) is 11.0. The molecule has 0 aliphatic rings. The highest BCUT2D eigenvalue weighted by atomic mass is 16.6. The van der Waals surface area contributed by atoms with Crippen molar-refractivity contribution >= 4 is 23.9 Å². The predicted molar refractivity (Wildman–Crippen MR) is 141 cm³/mol. The van der Waals surface area contributed by atoms with Gasteiger partial charge in [-0.2, -0.15) is 0 Å². The van der Waals surface area contributed by atoms with E-state index in [1.165, 1.54) is 17.0 Å². The first-order chi connectivity index (χ1) is 17.7. The van der Waals surface area contributed by atoms with E-state index >= 15 is 0 Å². The minimum absolute atomic E-state index is 0.00244. The van der Waals surface area contributed by atoms with Crippen LogP contribution in [0.15, 0.2) is 18.2 Å². The molecule has 0 bridgehead atoms. The fourth-order valence-electron chi connectivity index (χ4n) is 3.76. The molecule has 0 heterocycles. The fraction of sp³-hybridized carbons (Fsp3) is 0.630. The van der Waals surface area contributed by atoms with Gasteiger partial charge in [-0.05, 0) is 70.2 Å². The van der Waals surface area contributed by atoms with Crippen LogP contribution in [0.2, 0.25) is 0 Å². The molecule has 0 aromatic heterocycles. The minimum Gasteiger partial charge on any atom is -0.508 e. The van der Waals surface area contributed by atoms with Crippen molar-refractivity contribution < 1.29 is 38.9 Å². The molecule has 4 N–H and O–H groups in total. The van der Waals surface area contributed by atoms with Gasteiger partial charge >= 0.3 is 12.1 Å². The summed E-state index contributed by atoms with van der Waals surface area (Å²) >= 11 is 0. The van der Waals surface area contributed by atoms with Crippen LogP contribution in [0.3, 0.4) is 0 Å². The number of aryl methyl sites for hydroxylation is 1. The number of carbonyl (C=O) groups excluding carboxylic acids is 4. The molecular formula is C27H43N3O8. The summed E-state index contributed by atoms with van der Waals surface area (Å²) in [5.41, 5.74) is 0.0794. The number of amides is 3. The number of aliphatic hydroxyl groups excluding tert-OH is 1. The normalized spacial score (nSPS) is 12.9. The zero-order valence-electron chi connectivity index (χ0n) is 23.5. The number of hydrogen-bond acceptors (Lipinski definition) is 8. The van der Waals surface area contributed by atoms with E-state index in [9.17, 15) is 29.4 Å². The Morgan fingerprint density at radius 3 is 2.32 bits per heavy atom. The van der Waals surface area contributed by atoms with Crippen LogP contribution in [0.25, 0.3) is 0 Å². The lowest BCUT2D eigenvalue weighted by Gasteiger charge is -2.34. The van der Waals surface area contributed by atoms with Crippen LogP contribution < -0.4 is 10.6 Å². The van der Waals surface area contributed by atoms with E-state index in [1.807, 2.05) is 13.8 Å². The molecule has 3 amide bonds. The van der Waals surface area contributed by atoms with Crippen LogP contribution in [0, 0.1) is 12.8 Å². The number of ether oxygens (including phenoxy) is 2. The Labute approximate surface area is 224 Å². The van der Waals surface area contributed by atoms with E-state index in [2.05, 4.69) is 10.6 Å². The highest BCUT2D eigenvalue weighted by Crippen LogP contribution is 2.27. The van der Waals surface area contributed by atoms with Gasteiger partial charge in [-0.15, -0.1) is 0 Å². The third-order valence-corrected chi connectivity index (χ3v) is 5.35. The Balaban J connectivity index is 3.40. The molecule has 1 aromatic carbocycles. The Kier molecular flexibility index (Phi) is 13.0. The molecular weight excluding hydrogens is 494 g/mol. The maximum atomic E-state index is 13.8. The number of hydrogen-bond donors (Lipinski definition) is 4. The summed E-state index contributed by atoms with van der Waals surface area (Å²) in [5.74, 6) is -1.65. The summed E-state index contributed by atoms with van der Waals surface area (Å²) < 4.78 is 10.2. The predicted octanol–water partition coefficient (Wildman–Crippen LogP) is 2.57. The largest absolute Gasteiger partial charge is 0.508 e. The molecule has 214 valence electrons. The second-order valence-corrected chi connectivity index (χ2v) is 10.4. The number of phenols is 1. The molecule has 2 atom stereocenters. The number of aromatic hydroxyl groups is 1. The first-order valence-electron chi connectivity index (χ1n) is 12.8. The number of benzene rings is 1. The lowest BCUT2D eigenvalue weighted by Crippen LogP contribution is -2.54. The van der Waals surface area contributed by atoms with Gasteiger partial charge in [-0.1, -0.05) is 19.9 Å². The van der Waals surface area contributed by atoms with Gasteiger partial charge in [-0.3, -0.25) is 14.4 Å². The van der Waals surface area contributed by atoms with Crippen LogP contribution in [-0.2, 0) is 23.9 Å². The summed E-state index contributed by atoms with van der Waals surface area (Å²) in [7, 11) is 0. The van der Waals surface area contributed by atoms with Crippen LogP contribution in [-0.4, -0.2) is 76.9 Å². The summed E-state index contributed by atoms with van der Waals surface area (Å²) in [4.78, 5) is 52.8. The van der Waals surface area contributed by atoms with Crippen molar-refractivity contribution in [1.29, 1.82) is 0 Å². The molecule has 11 heteroatoms. The number of esters is 1. The minimum atomic E-state index is -1.22. The molecule has 2 unspecified atom stereocenters. The lowest BCUT2D eigenvalue weighted by atomic mass is 9.98. The quantitative estimate of drug-likeness (QED) is 0.280. The molecule has 38 heavy (non-hydrogen) atoms. The number of nitrogens with zero attached hydrogens (tertiary/aromatic N) is 1. The Morgan fingerprint density at radius 1 is 1.13 bits per heavy atom. The van der Waals surface area contributed by atoms with Crippen molar-refractivity contribution in [2.24, 2.45) is 5.92 Å². The van der Waals surface area contributed by atoms with Crippen molar-refractivity contribution in [3.05, 3.63) is 29.3 Å². The van der Waals surface area contributed by atoms with Crippen LogP contribution in [0.4, 0.5) is 4.79 Å². The zero-order valence-corrected chi connectivity index (χ0v) is 23.5. The number of rotatable bonds is 13. The maximum Gasteiger partial charge on any atom is 0.408 e. The van der Waals surface area contributed by atoms with E-state index in [4.69, 9.17) is 9.47 Å².